The van der Waals surface area contributed by atoms with Gasteiger partial charge in [0.05, 0.1) is 5.02 Å². The van der Waals surface area contributed by atoms with Crippen molar-refractivity contribution in [3.63, 3.8) is 0 Å². The molecule has 0 heterocycles. The van der Waals surface area contributed by atoms with E-state index in [0.717, 1.165) is 18.2 Å². The molecule has 0 fully saturated rings. The highest BCUT2D eigenvalue weighted by molar-refractivity contribution is 6.34. The van der Waals surface area contributed by atoms with E-state index in [4.69, 9.17) is 22.0 Å². The summed E-state index contributed by atoms with van der Waals surface area (Å²) >= 11 is 5.51. The molecule has 2 rings (SSSR count). The Morgan fingerprint density at radius 3 is 1.50 bits per heavy atom. The fourth-order valence-corrected chi connectivity index (χ4v) is 2.06. The van der Waals surface area contributed by atoms with Crippen LogP contribution in [0, 0.1) is 5.82 Å². The monoisotopic (exact) mass is 430 g/mol. The van der Waals surface area contributed by atoms with Crippen molar-refractivity contribution in [1.82, 2.24) is 0 Å². The van der Waals surface area contributed by atoms with E-state index in [1.54, 1.807) is 0 Å². The summed E-state index contributed by atoms with van der Waals surface area (Å²) < 4.78 is 86.0. The van der Waals surface area contributed by atoms with E-state index in [-0.39, 0.29) is 10.6 Å². The average Bonchev–Trinajstić information content (AvgIpc) is 2.58. The molecule has 0 saturated heterocycles. The third-order valence-corrected chi connectivity index (χ3v) is 3.32. The highest BCUT2D eigenvalue weighted by Crippen LogP contribution is 2.26. The zero-order chi connectivity index (χ0) is 21.5. The second-order valence-corrected chi connectivity index (χ2v) is 5.26. The first-order valence-corrected chi connectivity index (χ1v) is 7.39. The van der Waals surface area contributed by atoms with Crippen molar-refractivity contribution in [2.24, 2.45) is 10.3 Å². The largest absolute Gasteiger partial charge is 0.437 e. The number of nitrogens with zero attached hydrogens (tertiary/aromatic N) is 2. The van der Waals surface area contributed by atoms with Crippen LogP contribution >= 0.6 is 11.6 Å². The topological polar surface area (TPSA) is 65.2 Å². The number of benzene rings is 2. The van der Waals surface area contributed by atoms with Crippen LogP contribution in [0.2, 0.25) is 5.02 Å². The molecule has 0 atom stereocenters. The van der Waals surface area contributed by atoms with Gasteiger partial charge in [-0.05, 0) is 18.2 Å². The van der Waals surface area contributed by atoms with Gasteiger partial charge >= 0.3 is 12.4 Å². The van der Waals surface area contributed by atoms with Gasteiger partial charge in [-0.15, -0.1) is 0 Å². The first kappa shape index (κ1) is 23.2. The number of rotatable bonds is 2. The second kappa shape index (κ2) is 9.40. The van der Waals surface area contributed by atoms with Crippen molar-refractivity contribution in [3.05, 3.63) is 70.5 Å². The lowest BCUT2D eigenvalue weighted by atomic mass is 10.1. The van der Waals surface area contributed by atoms with Gasteiger partial charge < -0.3 is 10.4 Å². The predicted octanol–water partition coefficient (Wildman–Crippen LogP) is 5.65. The van der Waals surface area contributed by atoms with Crippen molar-refractivity contribution in [3.8, 4) is 0 Å². The number of alkyl halides is 6. The lowest BCUT2D eigenvalue weighted by Gasteiger charge is -2.09. The lowest BCUT2D eigenvalue weighted by Crippen LogP contribution is -2.25. The Balaban J connectivity index is 0.000000280. The molecule has 0 aliphatic carbocycles. The summed E-state index contributed by atoms with van der Waals surface area (Å²) in [6, 6.07) is 9.47. The van der Waals surface area contributed by atoms with Gasteiger partial charge in [-0.1, -0.05) is 52.2 Å². The molecule has 152 valence electrons. The number of halogens is 8. The minimum absolute atomic E-state index is 0.113. The quantitative estimate of drug-likeness (QED) is 0.280. The van der Waals surface area contributed by atoms with Crippen molar-refractivity contribution in [2.75, 3.05) is 0 Å². The molecule has 0 saturated carbocycles. The fourth-order valence-electron chi connectivity index (χ4n) is 1.83. The first-order valence-electron chi connectivity index (χ1n) is 7.01. The normalized spacial score (nSPS) is 13.0. The molecule has 2 N–H and O–H groups in total. The van der Waals surface area contributed by atoms with Gasteiger partial charge in [-0.3, -0.25) is 0 Å². The van der Waals surface area contributed by atoms with Gasteiger partial charge in [0.1, 0.15) is 5.82 Å². The van der Waals surface area contributed by atoms with E-state index in [1.807, 2.05) is 5.16 Å². The van der Waals surface area contributed by atoms with Crippen LogP contribution in [0.15, 0.2) is 58.8 Å². The minimum atomic E-state index is -4.88. The Morgan fingerprint density at radius 2 is 1.11 bits per heavy atom. The summed E-state index contributed by atoms with van der Waals surface area (Å²) in [6.45, 7) is 0. The third-order valence-electron chi connectivity index (χ3n) is 2.99. The van der Waals surface area contributed by atoms with E-state index in [9.17, 15) is 30.7 Å². The molecule has 28 heavy (non-hydrogen) atoms. The summed E-state index contributed by atoms with van der Waals surface area (Å²) in [5.41, 5.74) is -4.16. The van der Waals surface area contributed by atoms with Gasteiger partial charge in [0.15, 0.2) is 11.4 Å². The van der Waals surface area contributed by atoms with E-state index in [0.29, 0.717) is 0 Å². The van der Waals surface area contributed by atoms with E-state index in [1.165, 1.54) is 30.3 Å². The molecule has 0 amide bonds. The third kappa shape index (κ3) is 6.12. The van der Waals surface area contributed by atoms with Crippen LogP contribution in [0.1, 0.15) is 11.1 Å². The molecule has 2 aromatic carbocycles. The summed E-state index contributed by atoms with van der Waals surface area (Å²) in [6.07, 6.45) is -9.60. The SMILES string of the molecule is ON=C(c1ccccc1Cl)C(F)(F)F.ON=C(c1ccccc1F)C(F)(F)F. The van der Waals surface area contributed by atoms with Crippen molar-refractivity contribution < 1.29 is 41.1 Å². The van der Waals surface area contributed by atoms with Crippen LogP contribution in [0.3, 0.4) is 0 Å². The maximum absolute atomic E-state index is 12.9. The molecule has 4 nitrogen and oxygen atoms in total. The van der Waals surface area contributed by atoms with Crippen molar-refractivity contribution >= 4 is 23.0 Å². The maximum Gasteiger partial charge on any atom is 0.437 e. The Kier molecular flexibility index (Phi) is 7.79. The molecule has 12 heteroatoms. The number of hydrogen-bond acceptors (Lipinski definition) is 4. The van der Waals surface area contributed by atoms with Crippen molar-refractivity contribution in [1.29, 1.82) is 0 Å². The molecule has 0 unspecified atom stereocenters. The average molecular weight is 431 g/mol. The zero-order valence-corrected chi connectivity index (χ0v) is 14.2. The molecule has 0 aromatic heterocycles. The van der Waals surface area contributed by atoms with Crippen LogP contribution in [0.4, 0.5) is 30.7 Å². The van der Waals surface area contributed by atoms with Crippen LogP contribution < -0.4 is 0 Å². The van der Waals surface area contributed by atoms with Gasteiger partial charge in [-0.25, -0.2) is 4.39 Å². The Morgan fingerprint density at radius 1 is 0.714 bits per heavy atom. The van der Waals surface area contributed by atoms with Gasteiger partial charge in [0.2, 0.25) is 0 Å². The minimum Gasteiger partial charge on any atom is -0.410 e. The number of hydrogen-bond donors (Lipinski definition) is 2. The highest BCUT2D eigenvalue weighted by atomic mass is 35.5. The molecular formula is C16H10ClF7N2O2. The molecule has 0 aliphatic rings. The van der Waals surface area contributed by atoms with Gasteiger partial charge in [-0.2, -0.15) is 26.3 Å². The van der Waals surface area contributed by atoms with E-state index >= 15 is 0 Å². The summed E-state index contributed by atoms with van der Waals surface area (Å²) in [4.78, 5) is 0. The Bertz CT molecular complexity index is 793. The summed E-state index contributed by atoms with van der Waals surface area (Å²) in [7, 11) is 0. The van der Waals surface area contributed by atoms with Gasteiger partial charge in [0, 0.05) is 11.1 Å². The number of oxime groups is 2. The van der Waals surface area contributed by atoms with Crippen molar-refractivity contribution in [2.45, 2.75) is 12.4 Å². The summed E-state index contributed by atoms with van der Waals surface area (Å²) in [5.74, 6) is -1.09. The fraction of sp³-hybridized carbons (Fsp3) is 0.125. The Hall–Kier alpha value is -2.82. The smallest absolute Gasteiger partial charge is 0.410 e. The maximum atomic E-state index is 12.9. The summed E-state index contributed by atoms with van der Waals surface area (Å²) in [5, 5.41) is 20.5. The molecule has 0 aliphatic heterocycles. The van der Waals surface area contributed by atoms with E-state index < -0.39 is 35.2 Å². The predicted molar refractivity (Wildman–Crippen MR) is 86.6 cm³/mol. The van der Waals surface area contributed by atoms with Crippen LogP contribution in [0.25, 0.3) is 0 Å². The van der Waals surface area contributed by atoms with Gasteiger partial charge in [0.25, 0.3) is 0 Å². The van der Waals surface area contributed by atoms with E-state index in [2.05, 4.69) is 5.16 Å². The molecular weight excluding hydrogens is 421 g/mol. The highest BCUT2D eigenvalue weighted by Gasteiger charge is 2.39. The molecule has 0 spiro atoms. The van der Waals surface area contributed by atoms with Crippen LogP contribution in [-0.2, 0) is 0 Å². The Labute approximate surface area is 158 Å². The lowest BCUT2D eigenvalue weighted by molar-refractivity contribution is -0.0611. The zero-order valence-electron chi connectivity index (χ0n) is 13.4. The first-order chi connectivity index (χ1) is 12.9. The molecule has 2 aromatic rings. The molecule has 0 bridgehead atoms. The molecule has 0 radical (unpaired) electrons. The van der Waals surface area contributed by atoms with Crippen LogP contribution in [-0.4, -0.2) is 34.2 Å². The second-order valence-electron chi connectivity index (χ2n) is 4.85. The van der Waals surface area contributed by atoms with Crippen LogP contribution in [0.5, 0.6) is 0 Å². The standard InChI is InChI=1S/C8H5ClF3NO.C8H5F4NO/c2*9-6-4-2-1-3-5(6)7(13-14)8(10,11)12/h2*1-4,14H.